The predicted octanol–water partition coefficient (Wildman–Crippen LogP) is 5.10. The van der Waals surface area contributed by atoms with Crippen molar-refractivity contribution in [3.63, 3.8) is 0 Å². The number of hydrazone groups is 1. The molecule has 3 rings (SSSR count). The van der Waals surface area contributed by atoms with Crippen LogP contribution in [0.1, 0.15) is 72.9 Å². The normalized spacial score (nSPS) is 11.4. The molecule has 1 aromatic heterocycles. The van der Waals surface area contributed by atoms with Gasteiger partial charge in [0.15, 0.2) is 16.7 Å². The molecule has 2 aromatic carbocycles. The average molecular weight is 571 g/mol. The number of imidazole rings is 1. The zero-order valence-corrected chi connectivity index (χ0v) is 23.3. The minimum Gasteiger partial charge on any atom is -0.461 e. The van der Waals surface area contributed by atoms with E-state index in [4.69, 9.17) is 27.9 Å². The monoisotopic (exact) mass is 570 g/mol. The molecule has 0 saturated heterocycles. The molecule has 40 heavy (non-hydrogen) atoms. The van der Waals surface area contributed by atoms with Gasteiger partial charge in [0.25, 0.3) is 5.09 Å². The Hall–Kier alpha value is -4.12. The number of halogens is 1. The second-order valence-corrected chi connectivity index (χ2v) is 9.58. The van der Waals surface area contributed by atoms with Crippen LogP contribution < -0.4 is 11.6 Å². The Kier molecular flexibility index (Phi) is 11.8. The van der Waals surface area contributed by atoms with Crippen molar-refractivity contribution >= 4 is 23.4 Å². The summed E-state index contributed by atoms with van der Waals surface area (Å²) in [5.41, 5.74) is 9.77. The molecular formula is C28H35ClN6O5. The summed E-state index contributed by atoms with van der Waals surface area (Å²) in [6.45, 7) is 2.76. The minimum atomic E-state index is -0.800. The number of amidine groups is 1. The molecule has 11 nitrogen and oxygen atoms in total. The first-order valence-electron chi connectivity index (χ1n) is 13.3. The smallest absolute Gasteiger partial charge is 0.358 e. The van der Waals surface area contributed by atoms with Crippen LogP contribution in [0, 0.1) is 10.1 Å². The van der Waals surface area contributed by atoms with Crippen LogP contribution in [-0.2, 0) is 22.5 Å². The second-order valence-electron chi connectivity index (χ2n) is 9.22. The van der Waals surface area contributed by atoms with E-state index < -0.39 is 11.1 Å². The van der Waals surface area contributed by atoms with Gasteiger partial charge < -0.3 is 25.7 Å². The lowest BCUT2D eigenvalue weighted by Gasteiger charge is -2.13. The molecule has 0 saturated carbocycles. The Labute approximate surface area is 238 Å². The maximum Gasteiger partial charge on any atom is 0.358 e. The number of benzene rings is 2. The van der Waals surface area contributed by atoms with E-state index in [0.29, 0.717) is 25.8 Å². The fraction of sp³-hybridized carbons (Fsp3) is 0.393. The highest BCUT2D eigenvalue weighted by atomic mass is 35.5. The Morgan fingerprint density at radius 2 is 1.77 bits per heavy atom. The molecule has 4 N–H and O–H groups in total. The van der Waals surface area contributed by atoms with Gasteiger partial charge in [0, 0.05) is 18.5 Å². The molecule has 12 heteroatoms. The topological polar surface area (TPSA) is 161 Å². The van der Waals surface area contributed by atoms with Crippen molar-refractivity contribution in [2.24, 2.45) is 16.7 Å². The van der Waals surface area contributed by atoms with Gasteiger partial charge in [-0.2, -0.15) is 5.10 Å². The van der Waals surface area contributed by atoms with Crippen molar-refractivity contribution in [1.29, 1.82) is 0 Å². The number of carbonyl (C=O) groups is 1. The van der Waals surface area contributed by atoms with Gasteiger partial charge in [-0.1, -0.05) is 79.9 Å². The summed E-state index contributed by atoms with van der Waals surface area (Å²) in [5, 5.41) is 13.1. The number of esters is 1. The number of hydrogen-bond acceptors (Lipinski definition) is 8. The third kappa shape index (κ3) is 8.44. The molecule has 0 bridgehead atoms. The van der Waals surface area contributed by atoms with E-state index in [1.807, 2.05) is 53.1 Å². The van der Waals surface area contributed by atoms with E-state index in [2.05, 4.69) is 21.8 Å². The molecule has 0 fully saturated rings. The lowest BCUT2D eigenvalue weighted by molar-refractivity contribution is -0.757. The summed E-state index contributed by atoms with van der Waals surface area (Å²) in [4.78, 5) is 32.0. The highest BCUT2D eigenvalue weighted by Crippen LogP contribution is 2.26. The summed E-state index contributed by atoms with van der Waals surface area (Å²) in [7, 11) is 0. The highest BCUT2D eigenvalue weighted by molar-refractivity contribution is 6.32. The number of nitrogens with two attached hydrogens (primary N) is 2. The maximum atomic E-state index is 13.0. The van der Waals surface area contributed by atoms with Crippen LogP contribution in [0.4, 0.5) is 0 Å². The summed E-state index contributed by atoms with van der Waals surface area (Å²) in [5.74, 6) is 5.85. The van der Waals surface area contributed by atoms with Gasteiger partial charge in [-0.05, 0) is 42.4 Å². The van der Waals surface area contributed by atoms with Crippen molar-refractivity contribution < 1.29 is 19.5 Å². The molecule has 1 heterocycles. The van der Waals surface area contributed by atoms with Crippen LogP contribution in [0.2, 0.25) is 5.15 Å². The van der Waals surface area contributed by atoms with Crippen molar-refractivity contribution in [2.75, 3.05) is 13.2 Å². The minimum absolute atomic E-state index is 0.0611. The van der Waals surface area contributed by atoms with Gasteiger partial charge in [0.1, 0.15) is 5.82 Å². The zero-order chi connectivity index (χ0) is 28.9. The lowest BCUT2D eigenvalue weighted by atomic mass is 9.98. The van der Waals surface area contributed by atoms with Gasteiger partial charge in [0.2, 0.25) is 0 Å². The zero-order valence-electron chi connectivity index (χ0n) is 22.6. The van der Waals surface area contributed by atoms with Crippen molar-refractivity contribution in [3.05, 3.63) is 86.4 Å². The van der Waals surface area contributed by atoms with E-state index >= 15 is 0 Å². The standard InChI is InChI=1S/C28H35ClN6O5/c1-2-3-12-24-32-26(29)25(28(36)39-17-8-4-5-9-18-40-35(37)38)34(24)19-20-13-15-21(16-14-20)22-10-6-7-11-23(22)27(30)33-31/h6-7,10-11,13-16H,2-5,8-9,12,17-19,31H2,1H3,(H2,30,33). The predicted molar refractivity (Wildman–Crippen MR) is 153 cm³/mol. The first-order valence-corrected chi connectivity index (χ1v) is 13.6. The molecule has 0 aliphatic carbocycles. The fourth-order valence-electron chi connectivity index (χ4n) is 4.29. The summed E-state index contributed by atoms with van der Waals surface area (Å²) in [6.07, 6.45) is 5.23. The number of carbonyl (C=O) groups excluding carboxylic acids is 1. The van der Waals surface area contributed by atoms with E-state index in [1.165, 1.54) is 0 Å². The number of aromatic nitrogens is 2. The van der Waals surface area contributed by atoms with Crippen LogP contribution in [-0.4, -0.2) is 39.7 Å². The van der Waals surface area contributed by atoms with Gasteiger partial charge in [-0.15, -0.1) is 10.1 Å². The third-order valence-electron chi connectivity index (χ3n) is 6.37. The Morgan fingerprint density at radius 3 is 2.45 bits per heavy atom. The fourth-order valence-corrected chi connectivity index (χ4v) is 4.56. The summed E-state index contributed by atoms with van der Waals surface area (Å²) >= 11 is 6.44. The van der Waals surface area contributed by atoms with Crippen LogP contribution in [0.25, 0.3) is 11.1 Å². The van der Waals surface area contributed by atoms with Crippen LogP contribution in [0.3, 0.4) is 0 Å². The quantitative estimate of drug-likeness (QED) is 0.0457. The third-order valence-corrected chi connectivity index (χ3v) is 6.63. The molecule has 0 atom stereocenters. The molecule has 0 aliphatic rings. The van der Waals surface area contributed by atoms with Crippen molar-refractivity contribution in [3.8, 4) is 11.1 Å². The summed E-state index contributed by atoms with van der Waals surface area (Å²) in [6, 6.07) is 15.6. The molecule has 214 valence electrons. The SMILES string of the molecule is CCCCc1nc(Cl)c(C(=O)OCCCCCCO[N+](=O)[O-])n1Cc1ccc(-c2ccccc2/C(N)=N/N)cc1. The van der Waals surface area contributed by atoms with Crippen molar-refractivity contribution in [1.82, 2.24) is 9.55 Å². The number of aryl methyl sites for hydroxylation is 1. The van der Waals surface area contributed by atoms with Crippen LogP contribution in [0.15, 0.2) is 53.6 Å². The van der Waals surface area contributed by atoms with Gasteiger partial charge in [0.05, 0.1) is 13.2 Å². The number of unbranched alkanes of at least 4 members (excludes halogenated alkanes) is 4. The van der Waals surface area contributed by atoms with Gasteiger partial charge in [-0.3, -0.25) is 0 Å². The Bertz CT molecular complexity index is 1310. The molecule has 0 aliphatic heterocycles. The van der Waals surface area contributed by atoms with Crippen molar-refractivity contribution in [2.45, 2.75) is 58.4 Å². The Balaban J connectivity index is 1.72. The molecule has 0 unspecified atom stereocenters. The van der Waals surface area contributed by atoms with Crippen LogP contribution >= 0.6 is 11.6 Å². The van der Waals surface area contributed by atoms with Gasteiger partial charge >= 0.3 is 5.97 Å². The van der Waals surface area contributed by atoms with Gasteiger partial charge in [-0.25, -0.2) is 9.78 Å². The molecule has 0 radical (unpaired) electrons. The molecular weight excluding hydrogens is 536 g/mol. The first kappa shape index (κ1) is 30.4. The number of rotatable bonds is 16. The largest absolute Gasteiger partial charge is 0.461 e. The average Bonchev–Trinajstić information content (AvgIpc) is 3.27. The summed E-state index contributed by atoms with van der Waals surface area (Å²) < 4.78 is 7.35. The second kappa shape index (κ2) is 15.5. The van der Waals surface area contributed by atoms with E-state index in [9.17, 15) is 14.9 Å². The van der Waals surface area contributed by atoms with E-state index in [-0.39, 0.29) is 29.9 Å². The number of nitrogens with zero attached hydrogens (tertiary/aromatic N) is 4. The lowest BCUT2D eigenvalue weighted by Crippen LogP contribution is -2.16. The maximum absolute atomic E-state index is 13.0. The Morgan fingerprint density at radius 1 is 1.07 bits per heavy atom. The van der Waals surface area contributed by atoms with E-state index in [0.717, 1.165) is 53.8 Å². The molecule has 0 amide bonds. The molecule has 3 aromatic rings. The highest BCUT2D eigenvalue weighted by Gasteiger charge is 2.23. The van der Waals surface area contributed by atoms with E-state index in [1.54, 1.807) is 0 Å². The number of hydrogen-bond donors (Lipinski definition) is 2. The van der Waals surface area contributed by atoms with Crippen LogP contribution in [0.5, 0.6) is 0 Å². The first-order chi connectivity index (χ1) is 19.3. The molecule has 0 spiro atoms. The number of ether oxygens (including phenoxy) is 1.